The van der Waals surface area contributed by atoms with Crippen LogP contribution in [0.15, 0.2) is 95.6 Å². The van der Waals surface area contributed by atoms with Gasteiger partial charge >= 0.3 is 0 Å². The molecule has 2 amide bonds. The molecule has 0 saturated carbocycles. The Balaban J connectivity index is 1.47. The molecule has 1 N–H and O–H groups in total. The van der Waals surface area contributed by atoms with E-state index in [1.165, 1.54) is 16.5 Å². The third kappa shape index (κ3) is 6.26. The fourth-order valence-corrected chi connectivity index (χ4v) is 4.53. The highest BCUT2D eigenvalue weighted by atomic mass is 16.7. The molecule has 2 heterocycles. The van der Waals surface area contributed by atoms with E-state index in [0.717, 1.165) is 11.1 Å². The van der Waals surface area contributed by atoms with Crippen LogP contribution in [0.1, 0.15) is 53.8 Å². The zero-order valence-electron chi connectivity index (χ0n) is 22.8. The van der Waals surface area contributed by atoms with E-state index in [1.54, 1.807) is 30.5 Å². The van der Waals surface area contributed by atoms with Gasteiger partial charge in [-0.05, 0) is 72.0 Å². The second kappa shape index (κ2) is 11.9. The quantitative estimate of drug-likeness (QED) is 0.236. The van der Waals surface area contributed by atoms with Gasteiger partial charge in [0.2, 0.25) is 12.7 Å². The summed E-state index contributed by atoms with van der Waals surface area (Å²) in [7, 11) is 0. The summed E-state index contributed by atoms with van der Waals surface area (Å²) >= 11 is 0. The molecule has 5 rings (SSSR count). The number of amides is 2. The van der Waals surface area contributed by atoms with E-state index in [0.29, 0.717) is 34.4 Å². The average molecular weight is 537 g/mol. The lowest BCUT2D eigenvalue weighted by molar-refractivity contribution is -0.136. The Morgan fingerprint density at radius 2 is 1.65 bits per heavy atom. The summed E-state index contributed by atoms with van der Waals surface area (Å²) < 4.78 is 16.4. The number of hydrogen-bond acceptors (Lipinski definition) is 5. The minimum Gasteiger partial charge on any atom is -0.467 e. The number of ether oxygens (including phenoxy) is 2. The van der Waals surface area contributed by atoms with Gasteiger partial charge in [-0.3, -0.25) is 9.59 Å². The first-order chi connectivity index (χ1) is 19.4. The standard InChI is InChI=1S/C33H32N2O5/c1-22(2)25-12-14-27(15-13-25)34-33(37)32(26-10-6-23(3)7-11-26)35(20-28-5-4-18-38-28)31(36)17-9-24-8-16-29-30(19-24)40-21-39-29/h4-19,22,32H,20-21H2,1-3H3,(H,34,37). The van der Waals surface area contributed by atoms with Gasteiger partial charge in [0.15, 0.2) is 11.5 Å². The summed E-state index contributed by atoms with van der Waals surface area (Å²) in [6.07, 6.45) is 4.72. The summed E-state index contributed by atoms with van der Waals surface area (Å²) in [5.74, 6) is 1.57. The lowest BCUT2D eigenvalue weighted by atomic mass is 10.0. The van der Waals surface area contributed by atoms with E-state index < -0.39 is 6.04 Å². The third-order valence-corrected chi connectivity index (χ3v) is 6.80. The molecule has 0 aliphatic carbocycles. The van der Waals surface area contributed by atoms with Crippen molar-refractivity contribution < 1.29 is 23.5 Å². The minimum absolute atomic E-state index is 0.107. The third-order valence-electron chi connectivity index (χ3n) is 6.80. The first-order valence-corrected chi connectivity index (χ1v) is 13.3. The van der Waals surface area contributed by atoms with Gasteiger partial charge in [0.25, 0.3) is 5.91 Å². The van der Waals surface area contributed by atoms with Crippen molar-refractivity contribution >= 4 is 23.6 Å². The number of nitrogens with one attached hydrogen (secondary N) is 1. The first kappa shape index (κ1) is 26.8. The summed E-state index contributed by atoms with van der Waals surface area (Å²) in [6, 6.07) is 23.5. The number of carbonyl (C=O) groups excluding carboxylic acids is 2. The van der Waals surface area contributed by atoms with Gasteiger partial charge in [0.05, 0.1) is 12.8 Å². The maximum atomic E-state index is 13.9. The Kier molecular flexibility index (Phi) is 8.01. The van der Waals surface area contributed by atoms with Crippen LogP contribution in [-0.2, 0) is 16.1 Å². The fraction of sp³-hybridized carbons (Fsp3) is 0.212. The highest BCUT2D eigenvalue weighted by Crippen LogP contribution is 2.33. The maximum absolute atomic E-state index is 13.9. The molecule has 7 heteroatoms. The lowest BCUT2D eigenvalue weighted by Crippen LogP contribution is -2.40. The normalized spacial score (nSPS) is 13.0. The maximum Gasteiger partial charge on any atom is 0.251 e. The molecule has 3 aromatic carbocycles. The van der Waals surface area contributed by atoms with Crippen molar-refractivity contribution in [2.45, 2.75) is 39.3 Å². The molecule has 1 unspecified atom stereocenters. The monoisotopic (exact) mass is 536 g/mol. The van der Waals surface area contributed by atoms with Crippen LogP contribution in [0.5, 0.6) is 11.5 Å². The van der Waals surface area contributed by atoms with Crippen molar-refractivity contribution in [3.8, 4) is 11.5 Å². The van der Waals surface area contributed by atoms with E-state index in [9.17, 15) is 9.59 Å². The number of nitrogens with zero attached hydrogens (tertiary/aromatic N) is 1. The van der Waals surface area contributed by atoms with E-state index in [4.69, 9.17) is 13.9 Å². The number of aryl methyl sites for hydroxylation is 1. The molecule has 1 aromatic heterocycles. The minimum atomic E-state index is -0.913. The molecular weight excluding hydrogens is 504 g/mol. The number of carbonyl (C=O) groups is 2. The van der Waals surface area contributed by atoms with Crippen LogP contribution >= 0.6 is 0 Å². The predicted molar refractivity (Wildman–Crippen MR) is 154 cm³/mol. The van der Waals surface area contributed by atoms with Crippen molar-refractivity contribution in [2.24, 2.45) is 0 Å². The molecule has 7 nitrogen and oxygen atoms in total. The smallest absolute Gasteiger partial charge is 0.251 e. The Morgan fingerprint density at radius 3 is 2.35 bits per heavy atom. The molecule has 0 fully saturated rings. The second-order valence-electron chi connectivity index (χ2n) is 10.1. The van der Waals surface area contributed by atoms with Crippen molar-refractivity contribution in [3.63, 3.8) is 0 Å². The van der Waals surface area contributed by atoms with Gasteiger partial charge in [-0.15, -0.1) is 0 Å². The summed E-state index contributed by atoms with van der Waals surface area (Å²) in [4.78, 5) is 29.2. The van der Waals surface area contributed by atoms with Gasteiger partial charge in [-0.25, -0.2) is 0 Å². The van der Waals surface area contributed by atoms with Crippen molar-refractivity contribution in [3.05, 3.63) is 119 Å². The zero-order valence-corrected chi connectivity index (χ0v) is 22.8. The molecule has 1 aliphatic rings. The average Bonchev–Trinajstić information content (AvgIpc) is 3.64. The highest BCUT2D eigenvalue weighted by Gasteiger charge is 2.31. The fourth-order valence-electron chi connectivity index (χ4n) is 4.53. The molecule has 204 valence electrons. The van der Waals surface area contributed by atoms with Crippen molar-refractivity contribution in [2.75, 3.05) is 12.1 Å². The molecule has 0 saturated heterocycles. The molecule has 40 heavy (non-hydrogen) atoms. The molecule has 0 bridgehead atoms. The molecule has 0 spiro atoms. The van der Waals surface area contributed by atoms with E-state index in [2.05, 4.69) is 19.2 Å². The SMILES string of the molecule is Cc1ccc(C(C(=O)Nc2ccc(C(C)C)cc2)N(Cc2ccco2)C(=O)C=Cc2ccc3c(c2)OCO3)cc1. The van der Waals surface area contributed by atoms with Crippen LogP contribution in [-0.4, -0.2) is 23.5 Å². The van der Waals surface area contributed by atoms with E-state index >= 15 is 0 Å². The van der Waals surface area contributed by atoms with Crippen LogP contribution in [0.2, 0.25) is 0 Å². The number of fused-ring (bicyclic) bond motifs is 1. The number of furan rings is 1. The van der Waals surface area contributed by atoms with E-state index in [-0.39, 0.29) is 25.2 Å². The number of hydrogen-bond donors (Lipinski definition) is 1. The van der Waals surface area contributed by atoms with Gasteiger partial charge in [-0.2, -0.15) is 0 Å². The number of rotatable bonds is 9. The van der Waals surface area contributed by atoms with Crippen LogP contribution in [0, 0.1) is 6.92 Å². The predicted octanol–water partition coefficient (Wildman–Crippen LogP) is 6.86. The Labute approximate surface area is 234 Å². The summed E-state index contributed by atoms with van der Waals surface area (Å²) in [6.45, 7) is 6.50. The first-order valence-electron chi connectivity index (χ1n) is 13.3. The van der Waals surface area contributed by atoms with Crippen LogP contribution in [0.25, 0.3) is 6.08 Å². The molecular formula is C33H32N2O5. The topological polar surface area (TPSA) is 81.0 Å². The summed E-state index contributed by atoms with van der Waals surface area (Å²) in [5, 5.41) is 3.02. The Morgan fingerprint density at radius 1 is 0.925 bits per heavy atom. The molecule has 1 aliphatic heterocycles. The molecule has 1 atom stereocenters. The number of benzene rings is 3. The highest BCUT2D eigenvalue weighted by molar-refractivity contribution is 6.00. The zero-order chi connectivity index (χ0) is 28.1. The Bertz CT molecular complexity index is 1490. The van der Waals surface area contributed by atoms with Gasteiger partial charge in [0.1, 0.15) is 11.8 Å². The van der Waals surface area contributed by atoms with E-state index in [1.807, 2.05) is 67.6 Å². The van der Waals surface area contributed by atoms with Gasteiger partial charge < -0.3 is 24.1 Å². The van der Waals surface area contributed by atoms with Crippen molar-refractivity contribution in [1.82, 2.24) is 4.90 Å². The Hall–Kier alpha value is -4.78. The van der Waals surface area contributed by atoms with Gasteiger partial charge in [0, 0.05) is 11.8 Å². The molecule has 0 radical (unpaired) electrons. The lowest BCUT2D eigenvalue weighted by Gasteiger charge is -2.30. The van der Waals surface area contributed by atoms with Crippen LogP contribution in [0.3, 0.4) is 0 Å². The van der Waals surface area contributed by atoms with Gasteiger partial charge in [-0.1, -0.05) is 61.9 Å². The number of anilines is 1. The van der Waals surface area contributed by atoms with Crippen LogP contribution < -0.4 is 14.8 Å². The van der Waals surface area contributed by atoms with Crippen molar-refractivity contribution in [1.29, 1.82) is 0 Å². The second-order valence-corrected chi connectivity index (χ2v) is 10.1. The molecule has 4 aromatic rings. The largest absolute Gasteiger partial charge is 0.467 e. The summed E-state index contributed by atoms with van der Waals surface area (Å²) in [5.41, 5.74) is 4.36. The van der Waals surface area contributed by atoms with Crippen LogP contribution in [0.4, 0.5) is 5.69 Å².